The minimum Gasteiger partial charge on any atom is -0.441 e. The van der Waals surface area contributed by atoms with Gasteiger partial charge in [-0.1, -0.05) is 30.3 Å². The molecule has 1 aromatic carbocycles. The quantitative estimate of drug-likeness (QED) is 0.871. The van der Waals surface area contributed by atoms with Crippen LogP contribution in [-0.4, -0.2) is 20.8 Å². The molecule has 0 fully saturated rings. The predicted octanol–water partition coefficient (Wildman–Crippen LogP) is 1.43. The van der Waals surface area contributed by atoms with Gasteiger partial charge < -0.3 is 4.74 Å². The van der Waals surface area contributed by atoms with E-state index < -0.39 is 22.2 Å². The van der Waals surface area contributed by atoms with Crippen LogP contribution in [0.25, 0.3) is 0 Å². The van der Waals surface area contributed by atoms with Gasteiger partial charge in [0.1, 0.15) is 6.10 Å². The van der Waals surface area contributed by atoms with Crippen molar-refractivity contribution in [2.45, 2.75) is 13.0 Å². The molecule has 1 N–H and O–H groups in total. The van der Waals surface area contributed by atoms with Gasteiger partial charge >= 0.3 is 6.09 Å². The van der Waals surface area contributed by atoms with Crippen LogP contribution in [0.5, 0.6) is 0 Å². The second-order valence-corrected chi connectivity index (χ2v) is 5.08. The van der Waals surface area contributed by atoms with Crippen molar-refractivity contribution in [3.63, 3.8) is 0 Å². The number of hydrogen-bond acceptors (Lipinski definition) is 4. The Kier molecular flexibility index (Phi) is 3.89. The molecule has 0 aromatic heterocycles. The van der Waals surface area contributed by atoms with Crippen LogP contribution in [0.15, 0.2) is 30.3 Å². The first-order chi connectivity index (χ1) is 7.38. The summed E-state index contributed by atoms with van der Waals surface area (Å²) in [6.45, 7) is 1.66. The van der Waals surface area contributed by atoms with E-state index in [1.165, 1.54) is 0 Å². The first-order valence-corrected chi connectivity index (χ1v) is 6.51. The number of carbonyl (C=O) groups excluding carboxylic acids is 1. The molecule has 0 heterocycles. The number of carbonyl (C=O) groups is 1. The monoisotopic (exact) mass is 243 g/mol. The molecule has 0 spiro atoms. The van der Waals surface area contributed by atoms with Crippen molar-refractivity contribution in [3.8, 4) is 0 Å². The summed E-state index contributed by atoms with van der Waals surface area (Å²) < 4.78 is 28.1. The van der Waals surface area contributed by atoms with Gasteiger partial charge in [-0.15, -0.1) is 0 Å². The Balaban J connectivity index is 2.59. The standard InChI is InChI=1S/C10H13NO4S/c1-8(9-6-4-3-5-7-9)15-10(12)11-16(2,13)14/h3-8H,1-2H3,(H,11,12). The Hall–Kier alpha value is -1.56. The molecule has 0 saturated heterocycles. The lowest BCUT2D eigenvalue weighted by molar-refractivity contribution is 0.113. The van der Waals surface area contributed by atoms with Gasteiger partial charge in [0.2, 0.25) is 10.0 Å². The molecule has 16 heavy (non-hydrogen) atoms. The smallest absolute Gasteiger partial charge is 0.421 e. The Morgan fingerprint density at radius 1 is 1.31 bits per heavy atom. The fourth-order valence-electron chi connectivity index (χ4n) is 1.13. The Morgan fingerprint density at radius 2 is 1.88 bits per heavy atom. The minimum atomic E-state index is -3.58. The van der Waals surface area contributed by atoms with E-state index in [0.717, 1.165) is 11.8 Å². The largest absolute Gasteiger partial charge is 0.441 e. The molecule has 1 amide bonds. The van der Waals surface area contributed by atoms with Crippen LogP contribution in [0.4, 0.5) is 4.79 Å². The van der Waals surface area contributed by atoms with Gasteiger partial charge in [-0.25, -0.2) is 17.9 Å². The molecule has 1 aromatic rings. The van der Waals surface area contributed by atoms with Crippen molar-refractivity contribution < 1.29 is 17.9 Å². The van der Waals surface area contributed by atoms with E-state index in [9.17, 15) is 13.2 Å². The van der Waals surface area contributed by atoms with E-state index in [0.29, 0.717) is 0 Å². The summed E-state index contributed by atoms with van der Waals surface area (Å²) in [5, 5.41) is 0. The molecule has 0 radical (unpaired) electrons. The molecular weight excluding hydrogens is 230 g/mol. The molecule has 88 valence electrons. The van der Waals surface area contributed by atoms with E-state index in [1.807, 2.05) is 18.2 Å². The lowest BCUT2D eigenvalue weighted by atomic mass is 10.1. The maximum absolute atomic E-state index is 11.1. The second-order valence-electron chi connectivity index (χ2n) is 3.33. The molecule has 0 aliphatic heterocycles. The van der Waals surface area contributed by atoms with Crippen molar-refractivity contribution in [1.82, 2.24) is 4.72 Å². The first-order valence-electron chi connectivity index (χ1n) is 4.62. The average Bonchev–Trinajstić information content (AvgIpc) is 2.16. The molecule has 0 bridgehead atoms. The van der Waals surface area contributed by atoms with Crippen LogP contribution in [0.1, 0.15) is 18.6 Å². The zero-order valence-electron chi connectivity index (χ0n) is 9.01. The molecule has 5 nitrogen and oxygen atoms in total. The minimum absolute atomic E-state index is 0.497. The number of hydrogen-bond donors (Lipinski definition) is 1. The Morgan fingerprint density at radius 3 is 2.38 bits per heavy atom. The highest BCUT2D eigenvalue weighted by molar-refractivity contribution is 7.89. The second kappa shape index (κ2) is 4.98. The fourth-order valence-corrected chi connectivity index (χ4v) is 1.48. The number of ether oxygens (including phenoxy) is 1. The zero-order chi connectivity index (χ0) is 12.2. The highest BCUT2D eigenvalue weighted by atomic mass is 32.2. The van der Waals surface area contributed by atoms with E-state index in [2.05, 4.69) is 0 Å². The van der Waals surface area contributed by atoms with Crippen molar-refractivity contribution in [1.29, 1.82) is 0 Å². The molecular formula is C10H13NO4S. The maximum Gasteiger partial charge on any atom is 0.421 e. The van der Waals surface area contributed by atoms with Crippen molar-refractivity contribution >= 4 is 16.1 Å². The predicted molar refractivity (Wildman–Crippen MR) is 59.3 cm³/mol. The molecule has 0 aliphatic rings. The summed E-state index contributed by atoms with van der Waals surface area (Å²) in [5.41, 5.74) is 0.797. The van der Waals surface area contributed by atoms with E-state index >= 15 is 0 Å². The molecule has 0 aliphatic carbocycles. The van der Waals surface area contributed by atoms with Gasteiger partial charge in [-0.05, 0) is 12.5 Å². The molecule has 6 heteroatoms. The number of benzene rings is 1. The van der Waals surface area contributed by atoms with E-state index in [4.69, 9.17) is 4.74 Å². The topological polar surface area (TPSA) is 72.5 Å². The first kappa shape index (κ1) is 12.5. The number of amides is 1. The molecule has 1 atom stereocenters. The maximum atomic E-state index is 11.1. The van der Waals surface area contributed by atoms with E-state index in [1.54, 1.807) is 23.8 Å². The zero-order valence-corrected chi connectivity index (χ0v) is 9.82. The van der Waals surface area contributed by atoms with Crippen LogP contribution in [0.2, 0.25) is 0 Å². The lowest BCUT2D eigenvalue weighted by Gasteiger charge is -2.13. The summed E-state index contributed by atoms with van der Waals surface area (Å²) in [5.74, 6) is 0. The Bertz CT molecular complexity index is 455. The molecule has 0 saturated carbocycles. The van der Waals surface area contributed by atoms with Crippen LogP contribution in [0, 0.1) is 0 Å². The van der Waals surface area contributed by atoms with E-state index in [-0.39, 0.29) is 0 Å². The normalized spacial score (nSPS) is 12.9. The number of sulfonamides is 1. The third-order valence-electron chi connectivity index (χ3n) is 1.82. The van der Waals surface area contributed by atoms with Gasteiger partial charge in [0.05, 0.1) is 6.26 Å². The van der Waals surface area contributed by atoms with Gasteiger partial charge in [0.25, 0.3) is 0 Å². The summed E-state index contributed by atoms with van der Waals surface area (Å²) in [7, 11) is -3.58. The van der Waals surface area contributed by atoms with Gasteiger partial charge in [0, 0.05) is 0 Å². The van der Waals surface area contributed by atoms with Gasteiger partial charge in [0.15, 0.2) is 0 Å². The number of rotatable bonds is 3. The summed E-state index contributed by atoms with van der Waals surface area (Å²) in [6, 6.07) is 9.04. The van der Waals surface area contributed by atoms with Crippen LogP contribution in [0.3, 0.4) is 0 Å². The van der Waals surface area contributed by atoms with Crippen molar-refractivity contribution in [2.24, 2.45) is 0 Å². The molecule has 1 unspecified atom stereocenters. The summed E-state index contributed by atoms with van der Waals surface area (Å²) in [6.07, 6.45) is -0.580. The van der Waals surface area contributed by atoms with Crippen molar-refractivity contribution in [3.05, 3.63) is 35.9 Å². The third kappa shape index (κ3) is 4.31. The summed E-state index contributed by atoms with van der Waals surface area (Å²) >= 11 is 0. The summed E-state index contributed by atoms with van der Waals surface area (Å²) in [4.78, 5) is 11.1. The lowest BCUT2D eigenvalue weighted by Crippen LogP contribution is -2.30. The highest BCUT2D eigenvalue weighted by Gasteiger charge is 2.14. The highest BCUT2D eigenvalue weighted by Crippen LogP contribution is 2.15. The fraction of sp³-hybridized carbons (Fsp3) is 0.300. The molecule has 1 rings (SSSR count). The van der Waals surface area contributed by atoms with Gasteiger partial charge in [-0.3, -0.25) is 0 Å². The average molecular weight is 243 g/mol. The third-order valence-corrected chi connectivity index (χ3v) is 2.36. The Labute approximate surface area is 94.5 Å². The van der Waals surface area contributed by atoms with Crippen LogP contribution < -0.4 is 4.72 Å². The SMILES string of the molecule is CC(OC(=O)NS(C)(=O)=O)c1ccccc1. The van der Waals surface area contributed by atoms with Crippen molar-refractivity contribution in [2.75, 3.05) is 6.26 Å². The van der Waals surface area contributed by atoms with Crippen LogP contribution >= 0.6 is 0 Å². The van der Waals surface area contributed by atoms with Gasteiger partial charge in [-0.2, -0.15) is 0 Å². The number of nitrogens with one attached hydrogen (secondary N) is 1. The van der Waals surface area contributed by atoms with Crippen LogP contribution in [-0.2, 0) is 14.8 Å².